The zero-order valence-corrected chi connectivity index (χ0v) is 23.8. The van der Waals surface area contributed by atoms with Gasteiger partial charge in [0.05, 0.1) is 13.7 Å². The number of carboxylic acids is 1. The molecule has 3 aromatic carbocycles. The Labute approximate surface area is 240 Å². The Hall–Kier alpha value is -3.69. The van der Waals surface area contributed by atoms with Crippen LogP contribution in [0.2, 0.25) is 0 Å². The largest absolute Gasteiger partial charge is 0.497 e. The Morgan fingerprint density at radius 1 is 0.875 bits per heavy atom. The van der Waals surface area contributed by atoms with E-state index in [4.69, 9.17) is 18.9 Å². The number of benzene rings is 3. The molecule has 3 rings (SSSR count). The third kappa shape index (κ3) is 10.8. The summed E-state index contributed by atoms with van der Waals surface area (Å²) >= 11 is 1.80. The molecule has 1 unspecified atom stereocenters. The molecule has 0 aromatic heterocycles. The van der Waals surface area contributed by atoms with E-state index in [2.05, 4.69) is 12.1 Å². The zero-order chi connectivity index (χ0) is 28.6. The highest BCUT2D eigenvalue weighted by atomic mass is 32.2. The number of nitrogens with zero attached hydrogens (tertiary/aromatic N) is 1. The predicted octanol–water partition coefficient (Wildman–Crippen LogP) is 6.18. The molecule has 0 bridgehead atoms. The molecular weight excluding hydrogens is 530 g/mol. The number of hydrogen-bond acceptors (Lipinski definition) is 7. The first kappa shape index (κ1) is 30.8. The Kier molecular flexibility index (Phi) is 13.2. The van der Waals surface area contributed by atoms with Crippen molar-refractivity contribution in [1.29, 1.82) is 0 Å². The number of methoxy groups -OCH3 is 1. The molecule has 0 saturated carbocycles. The normalized spacial score (nSPS) is 11.4. The average molecular weight is 568 g/mol. The molecule has 0 aliphatic carbocycles. The first-order chi connectivity index (χ1) is 19.5. The molecule has 0 spiro atoms. The van der Waals surface area contributed by atoms with Gasteiger partial charge in [0.1, 0.15) is 23.9 Å². The van der Waals surface area contributed by atoms with E-state index in [-0.39, 0.29) is 13.0 Å². The number of carbonyl (C=O) groups is 2. The standard InChI is InChI=1S/C31H37NO7S/c1-3-37-29(30(33)34)23-24-11-13-26(14-12-24)38-21-20-32(19-7-8-22-40-28-9-5-4-6-10-28)31(35)39-27-17-15-25(36-2)16-18-27/h4-6,9-18,29H,3,7-8,19-23H2,1-2H3,(H,33,34). The monoisotopic (exact) mass is 567 g/mol. The fourth-order valence-corrected chi connectivity index (χ4v) is 4.78. The Bertz CT molecular complexity index is 1160. The molecule has 0 fully saturated rings. The maximum atomic E-state index is 13.0. The van der Waals surface area contributed by atoms with Crippen LogP contribution in [0, 0.1) is 0 Å². The summed E-state index contributed by atoms with van der Waals surface area (Å²) in [6, 6.07) is 24.4. The second kappa shape index (κ2) is 17.1. The van der Waals surface area contributed by atoms with E-state index in [1.165, 1.54) is 4.90 Å². The van der Waals surface area contributed by atoms with Crippen LogP contribution < -0.4 is 14.2 Å². The van der Waals surface area contributed by atoms with Gasteiger partial charge >= 0.3 is 12.1 Å². The van der Waals surface area contributed by atoms with Gasteiger partial charge in [0, 0.05) is 24.5 Å². The first-order valence-corrected chi connectivity index (χ1v) is 14.3. The van der Waals surface area contributed by atoms with Gasteiger partial charge in [0.25, 0.3) is 0 Å². The molecule has 0 radical (unpaired) electrons. The molecule has 1 amide bonds. The third-order valence-electron chi connectivity index (χ3n) is 5.97. The lowest BCUT2D eigenvalue weighted by Gasteiger charge is -2.22. The van der Waals surface area contributed by atoms with Gasteiger partial charge in [-0.1, -0.05) is 30.3 Å². The summed E-state index contributed by atoms with van der Waals surface area (Å²) in [7, 11) is 1.58. The van der Waals surface area contributed by atoms with Crippen LogP contribution in [0.5, 0.6) is 17.2 Å². The molecule has 8 nitrogen and oxygen atoms in total. The molecule has 9 heteroatoms. The number of thioether (sulfide) groups is 1. The smallest absolute Gasteiger partial charge is 0.415 e. The van der Waals surface area contributed by atoms with Crippen molar-refractivity contribution in [1.82, 2.24) is 4.90 Å². The van der Waals surface area contributed by atoms with Crippen molar-refractivity contribution < 1.29 is 33.6 Å². The molecule has 0 saturated heterocycles. The molecule has 1 N–H and O–H groups in total. The van der Waals surface area contributed by atoms with E-state index < -0.39 is 18.2 Å². The number of rotatable bonds is 17. The Morgan fingerprint density at radius 2 is 1.55 bits per heavy atom. The van der Waals surface area contributed by atoms with Gasteiger partial charge in [0.15, 0.2) is 6.10 Å². The number of unbranched alkanes of at least 4 members (excludes halogenated alkanes) is 1. The summed E-state index contributed by atoms with van der Waals surface area (Å²) in [5.74, 6) is 1.74. The van der Waals surface area contributed by atoms with Crippen LogP contribution in [0.3, 0.4) is 0 Å². The molecule has 214 valence electrons. The lowest BCUT2D eigenvalue weighted by Crippen LogP contribution is -2.37. The Morgan fingerprint density at radius 3 is 2.20 bits per heavy atom. The molecule has 0 heterocycles. The minimum absolute atomic E-state index is 0.275. The van der Waals surface area contributed by atoms with Crippen LogP contribution >= 0.6 is 11.8 Å². The van der Waals surface area contributed by atoms with Gasteiger partial charge in [-0.25, -0.2) is 9.59 Å². The summed E-state index contributed by atoms with van der Waals surface area (Å²) in [6.07, 6.45) is 0.741. The van der Waals surface area contributed by atoms with Crippen LogP contribution in [-0.2, 0) is 16.0 Å². The van der Waals surface area contributed by atoms with Gasteiger partial charge in [-0.3, -0.25) is 0 Å². The van der Waals surface area contributed by atoms with Crippen molar-refractivity contribution in [3.05, 3.63) is 84.4 Å². The lowest BCUT2D eigenvalue weighted by atomic mass is 10.1. The number of ether oxygens (including phenoxy) is 4. The molecule has 1 atom stereocenters. The van der Waals surface area contributed by atoms with E-state index in [1.807, 2.05) is 30.3 Å². The number of aliphatic carboxylic acids is 1. The quantitative estimate of drug-likeness (QED) is 0.153. The highest BCUT2D eigenvalue weighted by Crippen LogP contribution is 2.20. The van der Waals surface area contributed by atoms with Crippen LogP contribution in [0.15, 0.2) is 83.8 Å². The van der Waals surface area contributed by atoms with Crippen LogP contribution in [0.25, 0.3) is 0 Å². The molecule has 0 aliphatic rings. The lowest BCUT2D eigenvalue weighted by molar-refractivity contribution is -0.149. The highest BCUT2D eigenvalue weighted by molar-refractivity contribution is 7.99. The van der Waals surface area contributed by atoms with Crippen molar-refractivity contribution in [2.75, 3.05) is 39.2 Å². The summed E-state index contributed by atoms with van der Waals surface area (Å²) in [6.45, 7) is 3.29. The molecule has 40 heavy (non-hydrogen) atoms. The minimum atomic E-state index is -0.984. The number of carboxylic acid groups (broad SMARTS) is 1. The third-order valence-corrected chi connectivity index (χ3v) is 7.07. The SMILES string of the molecule is CCOC(Cc1ccc(OCCN(CCCCSc2ccccc2)C(=O)Oc2ccc(OC)cc2)cc1)C(=O)O. The van der Waals surface area contributed by atoms with E-state index in [1.54, 1.807) is 67.1 Å². The summed E-state index contributed by atoms with van der Waals surface area (Å²) in [5, 5.41) is 9.29. The number of carbonyl (C=O) groups excluding carboxylic acids is 1. The molecule has 0 aliphatic heterocycles. The van der Waals surface area contributed by atoms with E-state index >= 15 is 0 Å². The first-order valence-electron chi connectivity index (χ1n) is 13.3. The van der Waals surface area contributed by atoms with Gasteiger partial charge in [-0.05, 0) is 79.6 Å². The molecular formula is C31H37NO7S. The summed E-state index contributed by atoms with van der Waals surface area (Å²) in [4.78, 5) is 27.2. The van der Waals surface area contributed by atoms with E-state index in [0.717, 1.165) is 24.2 Å². The fourth-order valence-electron chi connectivity index (χ4n) is 3.84. The van der Waals surface area contributed by atoms with Crippen LogP contribution in [-0.4, -0.2) is 67.3 Å². The average Bonchev–Trinajstić information content (AvgIpc) is 2.97. The van der Waals surface area contributed by atoms with Crippen molar-refractivity contribution in [3.63, 3.8) is 0 Å². The van der Waals surface area contributed by atoms with Crippen molar-refractivity contribution in [2.24, 2.45) is 0 Å². The van der Waals surface area contributed by atoms with E-state index in [0.29, 0.717) is 36.9 Å². The Balaban J connectivity index is 1.52. The van der Waals surface area contributed by atoms with Gasteiger partial charge in [-0.2, -0.15) is 0 Å². The van der Waals surface area contributed by atoms with E-state index in [9.17, 15) is 14.7 Å². The van der Waals surface area contributed by atoms with Gasteiger partial charge < -0.3 is 29.0 Å². The van der Waals surface area contributed by atoms with Crippen molar-refractivity contribution >= 4 is 23.8 Å². The fraction of sp³-hybridized carbons (Fsp3) is 0.355. The predicted molar refractivity (Wildman–Crippen MR) is 156 cm³/mol. The molecule has 3 aromatic rings. The summed E-state index contributed by atoms with van der Waals surface area (Å²) in [5.41, 5.74) is 0.839. The second-order valence-electron chi connectivity index (χ2n) is 8.88. The maximum absolute atomic E-state index is 13.0. The van der Waals surface area contributed by atoms with Crippen LogP contribution in [0.4, 0.5) is 4.79 Å². The second-order valence-corrected chi connectivity index (χ2v) is 10.0. The van der Waals surface area contributed by atoms with Gasteiger partial charge in [-0.15, -0.1) is 11.8 Å². The topological polar surface area (TPSA) is 94.5 Å². The zero-order valence-electron chi connectivity index (χ0n) is 23.0. The van der Waals surface area contributed by atoms with Crippen molar-refractivity contribution in [3.8, 4) is 17.2 Å². The van der Waals surface area contributed by atoms with Crippen LogP contribution in [0.1, 0.15) is 25.3 Å². The van der Waals surface area contributed by atoms with Crippen molar-refractivity contribution in [2.45, 2.75) is 37.2 Å². The maximum Gasteiger partial charge on any atom is 0.415 e. The summed E-state index contributed by atoms with van der Waals surface area (Å²) < 4.78 is 22.0. The number of hydrogen-bond donors (Lipinski definition) is 1. The highest BCUT2D eigenvalue weighted by Gasteiger charge is 2.18. The van der Waals surface area contributed by atoms with Gasteiger partial charge in [0.2, 0.25) is 0 Å². The number of amides is 1. The minimum Gasteiger partial charge on any atom is -0.497 e.